The van der Waals surface area contributed by atoms with E-state index in [0.717, 1.165) is 18.4 Å². The summed E-state index contributed by atoms with van der Waals surface area (Å²) in [4.78, 5) is 24.1. The number of rotatable bonds is 6. The molecular weight excluding hydrogens is 264 g/mol. The van der Waals surface area contributed by atoms with Crippen LogP contribution in [0.3, 0.4) is 0 Å². The Labute approximate surface area is 127 Å². The van der Waals surface area contributed by atoms with Gasteiger partial charge >= 0.3 is 0 Å². The van der Waals surface area contributed by atoms with E-state index in [9.17, 15) is 9.59 Å². The summed E-state index contributed by atoms with van der Waals surface area (Å²) in [6.45, 7) is 7.81. The SMILES string of the molecule is CCCC(C(=O)NCC(=O)NC(C)(C)C)c1ccccc1. The van der Waals surface area contributed by atoms with E-state index in [1.165, 1.54) is 0 Å². The lowest BCUT2D eigenvalue weighted by molar-refractivity contribution is -0.127. The Morgan fingerprint density at radius 3 is 2.29 bits per heavy atom. The van der Waals surface area contributed by atoms with Crippen LogP contribution in [0, 0.1) is 0 Å². The highest BCUT2D eigenvalue weighted by Crippen LogP contribution is 2.21. The summed E-state index contributed by atoms with van der Waals surface area (Å²) in [5, 5.41) is 5.57. The fraction of sp³-hybridized carbons (Fsp3) is 0.529. The Morgan fingerprint density at radius 2 is 1.76 bits per heavy atom. The largest absolute Gasteiger partial charge is 0.350 e. The van der Waals surface area contributed by atoms with Crippen LogP contribution in [0.15, 0.2) is 30.3 Å². The molecule has 0 saturated carbocycles. The van der Waals surface area contributed by atoms with Crippen LogP contribution >= 0.6 is 0 Å². The number of amides is 2. The predicted molar refractivity (Wildman–Crippen MR) is 85.0 cm³/mol. The molecule has 0 aliphatic carbocycles. The van der Waals surface area contributed by atoms with Crippen molar-refractivity contribution in [3.05, 3.63) is 35.9 Å². The molecule has 116 valence electrons. The first kappa shape index (κ1) is 17.2. The summed E-state index contributed by atoms with van der Waals surface area (Å²) in [6.07, 6.45) is 1.69. The normalized spacial score (nSPS) is 12.6. The standard InChI is InChI=1S/C17H26N2O2/c1-5-9-14(13-10-7-6-8-11-13)16(21)18-12-15(20)19-17(2,3)4/h6-8,10-11,14H,5,9,12H2,1-4H3,(H,18,21)(H,19,20). The average molecular weight is 290 g/mol. The number of carbonyl (C=O) groups excluding carboxylic acids is 2. The van der Waals surface area contributed by atoms with Gasteiger partial charge in [0.15, 0.2) is 0 Å². The lowest BCUT2D eigenvalue weighted by Crippen LogP contribution is -2.46. The maximum absolute atomic E-state index is 12.3. The van der Waals surface area contributed by atoms with Crippen molar-refractivity contribution in [3.8, 4) is 0 Å². The number of hydrogen-bond acceptors (Lipinski definition) is 2. The summed E-state index contributed by atoms with van der Waals surface area (Å²) < 4.78 is 0. The van der Waals surface area contributed by atoms with E-state index in [2.05, 4.69) is 17.6 Å². The summed E-state index contributed by atoms with van der Waals surface area (Å²) >= 11 is 0. The van der Waals surface area contributed by atoms with Crippen LogP contribution in [0.5, 0.6) is 0 Å². The van der Waals surface area contributed by atoms with Crippen LogP contribution in [0.1, 0.15) is 52.0 Å². The molecule has 0 aliphatic rings. The topological polar surface area (TPSA) is 58.2 Å². The van der Waals surface area contributed by atoms with Gasteiger partial charge in [-0.3, -0.25) is 9.59 Å². The van der Waals surface area contributed by atoms with Crippen molar-refractivity contribution >= 4 is 11.8 Å². The summed E-state index contributed by atoms with van der Waals surface area (Å²) in [5.74, 6) is -0.454. The van der Waals surface area contributed by atoms with Gasteiger partial charge < -0.3 is 10.6 Å². The van der Waals surface area contributed by atoms with Crippen LogP contribution in [0.2, 0.25) is 0 Å². The fourth-order valence-corrected chi connectivity index (χ4v) is 2.18. The lowest BCUT2D eigenvalue weighted by Gasteiger charge is -2.21. The van der Waals surface area contributed by atoms with Gasteiger partial charge in [-0.15, -0.1) is 0 Å². The lowest BCUT2D eigenvalue weighted by atomic mass is 9.93. The van der Waals surface area contributed by atoms with Crippen LogP contribution in [-0.4, -0.2) is 23.9 Å². The quantitative estimate of drug-likeness (QED) is 0.846. The molecule has 0 fully saturated rings. The smallest absolute Gasteiger partial charge is 0.239 e. The van der Waals surface area contributed by atoms with E-state index in [1.54, 1.807) is 0 Å². The number of nitrogens with one attached hydrogen (secondary N) is 2. The molecule has 2 N–H and O–H groups in total. The number of benzene rings is 1. The maximum Gasteiger partial charge on any atom is 0.239 e. The second kappa shape index (κ2) is 7.81. The molecule has 1 rings (SSSR count). The van der Waals surface area contributed by atoms with Crippen molar-refractivity contribution in [1.82, 2.24) is 10.6 Å². The fourth-order valence-electron chi connectivity index (χ4n) is 2.18. The zero-order chi connectivity index (χ0) is 15.9. The van der Waals surface area contributed by atoms with Gasteiger partial charge in [-0.25, -0.2) is 0 Å². The average Bonchev–Trinajstić information content (AvgIpc) is 2.41. The third-order valence-corrected chi connectivity index (χ3v) is 3.03. The van der Waals surface area contributed by atoms with Crippen molar-refractivity contribution in [1.29, 1.82) is 0 Å². The molecule has 4 heteroatoms. The maximum atomic E-state index is 12.3. The van der Waals surface area contributed by atoms with Crippen molar-refractivity contribution in [2.75, 3.05) is 6.54 Å². The first-order chi connectivity index (χ1) is 9.83. The van der Waals surface area contributed by atoms with Gasteiger partial charge in [0.1, 0.15) is 0 Å². The zero-order valence-corrected chi connectivity index (χ0v) is 13.4. The molecule has 1 atom stereocenters. The van der Waals surface area contributed by atoms with E-state index in [1.807, 2.05) is 51.1 Å². The first-order valence-corrected chi connectivity index (χ1v) is 7.47. The van der Waals surface area contributed by atoms with Crippen LogP contribution in [0.25, 0.3) is 0 Å². The van der Waals surface area contributed by atoms with E-state index in [-0.39, 0.29) is 29.8 Å². The Bertz CT molecular complexity index is 463. The molecule has 1 aromatic rings. The van der Waals surface area contributed by atoms with Gasteiger partial charge in [0.25, 0.3) is 0 Å². The Hall–Kier alpha value is -1.84. The first-order valence-electron chi connectivity index (χ1n) is 7.47. The molecule has 21 heavy (non-hydrogen) atoms. The molecule has 1 aromatic carbocycles. The monoisotopic (exact) mass is 290 g/mol. The molecule has 0 aromatic heterocycles. The van der Waals surface area contributed by atoms with Crippen molar-refractivity contribution in [2.24, 2.45) is 0 Å². The van der Waals surface area contributed by atoms with E-state index >= 15 is 0 Å². The zero-order valence-electron chi connectivity index (χ0n) is 13.4. The highest BCUT2D eigenvalue weighted by atomic mass is 16.2. The van der Waals surface area contributed by atoms with Crippen molar-refractivity contribution in [2.45, 2.75) is 52.0 Å². The molecule has 0 radical (unpaired) electrons. The number of carbonyl (C=O) groups is 2. The van der Waals surface area contributed by atoms with Gasteiger partial charge in [0.2, 0.25) is 11.8 Å². The molecule has 0 saturated heterocycles. The Balaban J connectivity index is 2.60. The summed E-state index contributed by atoms with van der Waals surface area (Å²) in [7, 11) is 0. The van der Waals surface area contributed by atoms with E-state index in [0.29, 0.717) is 0 Å². The molecule has 0 spiro atoms. The van der Waals surface area contributed by atoms with Gasteiger partial charge in [-0.1, -0.05) is 43.7 Å². The third-order valence-electron chi connectivity index (χ3n) is 3.03. The van der Waals surface area contributed by atoms with Gasteiger partial charge in [-0.05, 0) is 32.8 Å². The molecule has 1 unspecified atom stereocenters. The minimum atomic E-state index is -0.288. The van der Waals surface area contributed by atoms with Crippen LogP contribution in [-0.2, 0) is 9.59 Å². The Morgan fingerprint density at radius 1 is 1.14 bits per heavy atom. The predicted octanol–water partition coefficient (Wildman–Crippen LogP) is 2.60. The molecule has 0 bridgehead atoms. The molecule has 0 aliphatic heterocycles. The number of hydrogen-bond donors (Lipinski definition) is 2. The van der Waals surface area contributed by atoms with Crippen LogP contribution < -0.4 is 10.6 Å². The Kier molecular flexibility index (Phi) is 6.40. The summed E-state index contributed by atoms with van der Waals surface area (Å²) in [5.41, 5.74) is 0.706. The van der Waals surface area contributed by atoms with Gasteiger partial charge in [-0.2, -0.15) is 0 Å². The third kappa shape index (κ3) is 6.43. The molecule has 0 heterocycles. The van der Waals surface area contributed by atoms with E-state index in [4.69, 9.17) is 0 Å². The highest BCUT2D eigenvalue weighted by Gasteiger charge is 2.21. The second-order valence-corrected chi connectivity index (χ2v) is 6.27. The van der Waals surface area contributed by atoms with Crippen LogP contribution in [0.4, 0.5) is 0 Å². The van der Waals surface area contributed by atoms with Gasteiger partial charge in [0, 0.05) is 5.54 Å². The molecule has 2 amide bonds. The molecular formula is C17H26N2O2. The van der Waals surface area contributed by atoms with Crippen molar-refractivity contribution < 1.29 is 9.59 Å². The molecule has 4 nitrogen and oxygen atoms in total. The summed E-state index contributed by atoms with van der Waals surface area (Å²) in [6, 6.07) is 9.70. The van der Waals surface area contributed by atoms with Crippen molar-refractivity contribution in [3.63, 3.8) is 0 Å². The minimum absolute atomic E-state index is 0.0170. The second-order valence-electron chi connectivity index (χ2n) is 6.27. The minimum Gasteiger partial charge on any atom is -0.350 e. The van der Waals surface area contributed by atoms with E-state index < -0.39 is 0 Å². The highest BCUT2D eigenvalue weighted by molar-refractivity contribution is 5.88. The van der Waals surface area contributed by atoms with Gasteiger partial charge in [0.05, 0.1) is 12.5 Å².